The SMILES string of the molecule is CCCCN1CC[C@H](c2ccc(N(C)C)cc2)[C@@H](COc2cccc(C(F)(F)F)c2)C1. The number of anilines is 1. The van der Waals surface area contributed by atoms with Gasteiger partial charge in [-0.3, -0.25) is 0 Å². The summed E-state index contributed by atoms with van der Waals surface area (Å²) < 4.78 is 45.0. The summed E-state index contributed by atoms with van der Waals surface area (Å²) in [7, 11) is 4.04. The molecular formula is C25H33F3N2O. The number of rotatable bonds is 8. The van der Waals surface area contributed by atoms with E-state index in [1.54, 1.807) is 6.07 Å². The molecule has 1 aliphatic rings. The van der Waals surface area contributed by atoms with E-state index in [-0.39, 0.29) is 11.7 Å². The average molecular weight is 435 g/mol. The van der Waals surface area contributed by atoms with Gasteiger partial charge in [0, 0.05) is 32.2 Å². The summed E-state index contributed by atoms with van der Waals surface area (Å²) in [5.41, 5.74) is 1.76. The Bertz CT molecular complexity index is 820. The van der Waals surface area contributed by atoms with Gasteiger partial charge in [-0.15, -0.1) is 0 Å². The molecule has 1 fully saturated rings. The van der Waals surface area contributed by atoms with Gasteiger partial charge in [-0.05, 0) is 67.7 Å². The first kappa shape index (κ1) is 23.5. The highest BCUT2D eigenvalue weighted by atomic mass is 19.4. The van der Waals surface area contributed by atoms with Crippen LogP contribution in [0.5, 0.6) is 5.75 Å². The van der Waals surface area contributed by atoms with Crippen molar-refractivity contribution in [1.82, 2.24) is 4.90 Å². The third-order valence-electron chi connectivity index (χ3n) is 6.11. The second kappa shape index (κ2) is 10.4. The number of halogens is 3. The van der Waals surface area contributed by atoms with Gasteiger partial charge in [0.25, 0.3) is 0 Å². The second-order valence-electron chi connectivity index (χ2n) is 8.63. The zero-order chi connectivity index (χ0) is 22.4. The highest BCUT2D eigenvalue weighted by Crippen LogP contribution is 2.35. The number of likely N-dealkylation sites (tertiary alicyclic amines) is 1. The van der Waals surface area contributed by atoms with Gasteiger partial charge in [0.1, 0.15) is 5.75 Å². The topological polar surface area (TPSA) is 15.7 Å². The summed E-state index contributed by atoms with van der Waals surface area (Å²) in [5, 5.41) is 0. The fourth-order valence-corrected chi connectivity index (χ4v) is 4.29. The molecule has 0 bridgehead atoms. The number of nitrogens with zero attached hydrogens (tertiary/aromatic N) is 2. The Hall–Kier alpha value is -2.21. The number of ether oxygens (including phenoxy) is 1. The molecule has 0 amide bonds. The van der Waals surface area contributed by atoms with Crippen LogP contribution >= 0.6 is 0 Å². The van der Waals surface area contributed by atoms with Gasteiger partial charge in [0.2, 0.25) is 0 Å². The molecule has 0 aromatic heterocycles. The Morgan fingerprint density at radius 3 is 2.48 bits per heavy atom. The van der Waals surface area contributed by atoms with Crippen LogP contribution < -0.4 is 9.64 Å². The summed E-state index contributed by atoms with van der Waals surface area (Å²) in [4.78, 5) is 4.54. The zero-order valence-corrected chi connectivity index (χ0v) is 18.7. The van der Waals surface area contributed by atoms with Crippen LogP contribution in [0.25, 0.3) is 0 Å². The quantitative estimate of drug-likeness (QED) is 0.503. The van der Waals surface area contributed by atoms with Crippen molar-refractivity contribution in [2.75, 3.05) is 45.2 Å². The first-order valence-electron chi connectivity index (χ1n) is 11.1. The molecule has 6 heteroatoms. The third kappa shape index (κ3) is 6.39. The van der Waals surface area contributed by atoms with Gasteiger partial charge in [0.15, 0.2) is 0 Å². The standard InChI is InChI=1S/C25H33F3N2O/c1-4-5-14-30-15-13-24(19-9-11-22(12-10-19)29(2)3)20(17-30)18-31-23-8-6-7-21(16-23)25(26,27)28/h6-12,16,20,24H,4-5,13-15,17-18H2,1-3H3/t20-,24-/m1/s1. The highest BCUT2D eigenvalue weighted by Gasteiger charge is 2.32. The van der Waals surface area contributed by atoms with E-state index < -0.39 is 11.7 Å². The van der Waals surface area contributed by atoms with Crippen LogP contribution in [0.15, 0.2) is 48.5 Å². The fourth-order valence-electron chi connectivity index (χ4n) is 4.29. The zero-order valence-electron chi connectivity index (χ0n) is 18.7. The number of alkyl halides is 3. The van der Waals surface area contributed by atoms with E-state index in [1.165, 1.54) is 11.6 Å². The third-order valence-corrected chi connectivity index (χ3v) is 6.11. The minimum atomic E-state index is -4.36. The molecule has 0 aliphatic carbocycles. The van der Waals surface area contributed by atoms with Crippen molar-refractivity contribution in [1.29, 1.82) is 0 Å². The summed E-state index contributed by atoms with van der Waals surface area (Å²) in [6.07, 6.45) is -1.03. The van der Waals surface area contributed by atoms with E-state index in [2.05, 4.69) is 41.0 Å². The molecule has 1 saturated heterocycles. The molecule has 170 valence electrons. The van der Waals surface area contributed by atoms with Crippen molar-refractivity contribution < 1.29 is 17.9 Å². The van der Waals surface area contributed by atoms with E-state index in [0.717, 1.165) is 56.7 Å². The van der Waals surface area contributed by atoms with Gasteiger partial charge < -0.3 is 14.5 Å². The molecule has 3 rings (SSSR count). The number of benzene rings is 2. The minimum absolute atomic E-state index is 0.227. The number of hydrogen-bond donors (Lipinski definition) is 0. The fraction of sp³-hybridized carbons (Fsp3) is 0.520. The minimum Gasteiger partial charge on any atom is -0.493 e. The predicted octanol–water partition coefficient (Wildman–Crippen LogP) is 6.06. The van der Waals surface area contributed by atoms with Gasteiger partial charge in [-0.25, -0.2) is 0 Å². The molecule has 2 atom stereocenters. The van der Waals surface area contributed by atoms with Crippen molar-refractivity contribution >= 4 is 5.69 Å². The lowest BCUT2D eigenvalue weighted by atomic mass is 9.80. The van der Waals surface area contributed by atoms with E-state index in [9.17, 15) is 13.2 Å². The predicted molar refractivity (Wildman–Crippen MR) is 120 cm³/mol. The van der Waals surface area contributed by atoms with Crippen molar-refractivity contribution in [3.05, 3.63) is 59.7 Å². The molecule has 1 heterocycles. The number of piperidine rings is 1. The van der Waals surface area contributed by atoms with Crippen LogP contribution in [0.4, 0.5) is 18.9 Å². The smallest absolute Gasteiger partial charge is 0.416 e. The molecule has 3 nitrogen and oxygen atoms in total. The Morgan fingerprint density at radius 2 is 1.84 bits per heavy atom. The summed E-state index contributed by atoms with van der Waals surface area (Å²) in [6, 6.07) is 13.8. The molecule has 2 aromatic rings. The highest BCUT2D eigenvalue weighted by molar-refractivity contribution is 5.46. The van der Waals surface area contributed by atoms with Gasteiger partial charge in [0.05, 0.1) is 12.2 Å². The maximum Gasteiger partial charge on any atom is 0.416 e. The largest absolute Gasteiger partial charge is 0.493 e. The van der Waals surface area contributed by atoms with Crippen LogP contribution in [0.2, 0.25) is 0 Å². The summed E-state index contributed by atoms with van der Waals surface area (Å²) in [5.74, 6) is 0.840. The van der Waals surface area contributed by atoms with Crippen LogP contribution in [0.3, 0.4) is 0 Å². The van der Waals surface area contributed by atoms with Gasteiger partial charge in [-0.1, -0.05) is 31.5 Å². The lowest BCUT2D eigenvalue weighted by Crippen LogP contribution is -2.42. The number of unbranched alkanes of at least 4 members (excludes halogenated alkanes) is 1. The molecule has 31 heavy (non-hydrogen) atoms. The number of hydrogen-bond acceptors (Lipinski definition) is 3. The van der Waals surface area contributed by atoms with Crippen molar-refractivity contribution in [3.8, 4) is 5.75 Å². The van der Waals surface area contributed by atoms with E-state index in [4.69, 9.17) is 4.74 Å². The maximum absolute atomic E-state index is 13.0. The first-order valence-corrected chi connectivity index (χ1v) is 11.1. The van der Waals surface area contributed by atoms with E-state index in [0.29, 0.717) is 12.5 Å². The normalized spacial score (nSPS) is 19.9. The van der Waals surface area contributed by atoms with E-state index >= 15 is 0 Å². The molecule has 0 N–H and O–H groups in total. The van der Waals surface area contributed by atoms with Crippen LogP contribution in [-0.4, -0.2) is 45.2 Å². The molecule has 0 unspecified atom stereocenters. The Balaban J connectivity index is 1.74. The molecule has 2 aromatic carbocycles. The van der Waals surface area contributed by atoms with Crippen molar-refractivity contribution in [2.24, 2.45) is 5.92 Å². The lowest BCUT2D eigenvalue weighted by Gasteiger charge is -2.39. The molecule has 0 spiro atoms. The van der Waals surface area contributed by atoms with Crippen LogP contribution in [0, 0.1) is 5.92 Å². The summed E-state index contributed by atoms with van der Waals surface area (Å²) in [6.45, 7) is 5.60. The average Bonchev–Trinajstić information content (AvgIpc) is 2.76. The van der Waals surface area contributed by atoms with Gasteiger partial charge >= 0.3 is 6.18 Å². The van der Waals surface area contributed by atoms with E-state index in [1.807, 2.05) is 14.1 Å². The second-order valence-corrected chi connectivity index (χ2v) is 8.63. The monoisotopic (exact) mass is 434 g/mol. The van der Waals surface area contributed by atoms with Crippen LogP contribution in [-0.2, 0) is 6.18 Å². The lowest BCUT2D eigenvalue weighted by molar-refractivity contribution is -0.137. The molecular weight excluding hydrogens is 401 g/mol. The summed E-state index contributed by atoms with van der Waals surface area (Å²) >= 11 is 0. The Kier molecular flexibility index (Phi) is 7.87. The maximum atomic E-state index is 13.0. The molecule has 1 aliphatic heterocycles. The van der Waals surface area contributed by atoms with Gasteiger partial charge in [-0.2, -0.15) is 13.2 Å². The van der Waals surface area contributed by atoms with Crippen molar-refractivity contribution in [2.45, 2.75) is 38.3 Å². The first-order chi connectivity index (χ1) is 14.8. The molecule has 0 radical (unpaired) electrons. The Labute approximate surface area is 183 Å². The molecule has 0 saturated carbocycles. The van der Waals surface area contributed by atoms with Crippen LogP contribution in [0.1, 0.15) is 43.2 Å². The van der Waals surface area contributed by atoms with Crippen molar-refractivity contribution in [3.63, 3.8) is 0 Å². The Morgan fingerprint density at radius 1 is 1.10 bits per heavy atom.